The summed E-state index contributed by atoms with van der Waals surface area (Å²) in [6.45, 7) is 2.07. The molecular weight excluding hydrogens is 528 g/mol. The third-order valence-electron chi connectivity index (χ3n) is 7.40. The van der Waals surface area contributed by atoms with Gasteiger partial charge in [0.1, 0.15) is 0 Å². The third kappa shape index (κ3) is 4.20. The van der Waals surface area contributed by atoms with E-state index in [4.69, 9.17) is 27.0 Å². The summed E-state index contributed by atoms with van der Waals surface area (Å²) in [6, 6.07) is 42.7. The molecule has 0 amide bonds. The molecule has 0 fully saturated rings. The molecule has 0 saturated carbocycles. The summed E-state index contributed by atoms with van der Waals surface area (Å²) in [6.07, 6.45) is 1.99. The van der Waals surface area contributed by atoms with Crippen molar-refractivity contribution in [2.75, 3.05) is 0 Å². The molecular formula is C34H25ClN6. The number of tetrazole rings is 1. The first kappa shape index (κ1) is 24.9. The predicted molar refractivity (Wildman–Crippen MR) is 162 cm³/mol. The van der Waals surface area contributed by atoms with E-state index in [0.717, 1.165) is 33.2 Å². The molecule has 5 aromatic carbocycles. The van der Waals surface area contributed by atoms with E-state index in [1.165, 1.54) is 5.56 Å². The number of rotatable bonds is 6. The van der Waals surface area contributed by atoms with E-state index in [1.807, 2.05) is 85.1 Å². The van der Waals surface area contributed by atoms with Gasteiger partial charge in [-0.25, -0.2) is 4.68 Å². The molecule has 6 nitrogen and oxygen atoms in total. The maximum atomic E-state index is 6.81. The van der Waals surface area contributed by atoms with Gasteiger partial charge in [-0.2, -0.15) is 5.10 Å². The zero-order valence-corrected chi connectivity index (χ0v) is 23.0. The van der Waals surface area contributed by atoms with Gasteiger partial charge in [-0.1, -0.05) is 120 Å². The maximum Gasteiger partial charge on any atom is 0.207 e. The number of para-hydroxylation sites is 1. The average molecular weight is 553 g/mol. The van der Waals surface area contributed by atoms with Crippen molar-refractivity contribution in [1.29, 1.82) is 0 Å². The van der Waals surface area contributed by atoms with Crippen LogP contribution in [0.3, 0.4) is 0 Å². The van der Waals surface area contributed by atoms with Crippen molar-refractivity contribution in [3.8, 4) is 17.1 Å². The Hall–Kier alpha value is -5.07. The largest absolute Gasteiger partial charge is 0.237 e. The van der Waals surface area contributed by atoms with Gasteiger partial charge in [0.15, 0.2) is 5.54 Å². The van der Waals surface area contributed by atoms with Crippen molar-refractivity contribution in [2.24, 2.45) is 0 Å². The summed E-state index contributed by atoms with van der Waals surface area (Å²) in [4.78, 5) is 1.72. The first-order chi connectivity index (χ1) is 20.1. The van der Waals surface area contributed by atoms with Crippen LogP contribution in [0.2, 0.25) is 5.02 Å². The fraction of sp³-hybridized carbons (Fsp3) is 0.0588. The lowest BCUT2D eigenvalue weighted by Gasteiger charge is -2.34. The summed E-state index contributed by atoms with van der Waals surface area (Å²) in [7, 11) is 0. The first-order valence-electron chi connectivity index (χ1n) is 13.4. The molecule has 0 aliphatic heterocycles. The summed E-state index contributed by atoms with van der Waals surface area (Å²) in [5, 5.41) is 20.8. The van der Waals surface area contributed by atoms with Crippen LogP contribution in [-0.2, 0) is 5.54 Å². The number of benzene rings is 5. The highest BCUT2D eigenvalue weighted by molar-refractivity contribution is 6.33. The van der Waals surface area contributed by atoms with Crippen LogP contribution in [0.1, 0.15) is 22.3 Å². The van der Waals surface area contributed by atoms with Gasteiger partial charge in [-0.15, -0.1) is 15.0 Å². The van der Waals surface area contributed by atoms with Crippen molar-refractivity contribution in [1.82, 2.24) is 30.0 Å². The van der Waals surface area contributed by atoms with Crippen LogP contribution >= 0.6 is 11.6 Å². The van der Waals surface area contributed by atoms with Crippen LogP contribution in [0.15, 0.2) is 134 Å². The van der Waals surface area contributed by atoms with E-state index in [0.29, 0.717) is 16.5 Å². The lowest BCUT2D eigenvalue weighted by atomic mass is 9.77. The Morgan fingerprint density at radius 1 is 0.659 bits per heavy atom. The van der Waals surface area contributed by atoms with Crippen LogP contribution in [0.4, 0.5) is 0 Å². The van der Waals surface area contributed by atoms with E-state index in [-0.39, 0.29) is 0 Å². The lowest BCUT2D eigenvalue weighted by Crippen LogP contribution is -2.39. The fourth-order valence-electron chi connectivity index (χ4n) is 5.54. The Balaban J connectivity index is 1.46. The van der Waals surface area contributed by atoms with Crippen LogP contribution in [0.25, 0.3) is 28.0 Å². The van der Waals surface area contributed by atoms with E-state index < -0.39 is 5.54 Å². The van der Waals surface area contributed by atoms with E-state index in [1.54, 1.807) is 9.48 Å². The van der Waals surface area contributed by atoms with Gasteiger partial charge in [-0.3, -0.25) is 0 Å². The zero-order chi connectivity index (χ0) is 27.8. The smallest absolute Gasteiger partial charge is 0.207 e. The van der Waals surface area contributed by atoms with Crippen LogP contribution in [0, 0.1) is 6.92 Å². The number of nitrogens with zero attached hydrogens (tertiary/aromatic N) is 6. The highest BCUT2D eigenvalue weighted by Crippen LogP contribution is 2.40. The van der Waals surface area contributed by atoms with E-state index in [2.05, 4.69) is 60.6 Å². The molecule has 7 aromatic rings. The van der Waals surface area contributed by atoms with Crippen LogP contribution < -0.4 is 0 Å². The second-order valence-corrected chi connectivity index (χ2v) is 10.4. The minimum atomic E-state index is -0.869. The summed E-state index contributed by atoms with van der Waals surface area (Å²) < 4.78 is 1.81. The van der Waals surface area contributed by atoms with Gasteiger partial charge in [0.25, 0.3) is 0 Å². The lowest BCUT2D eigenvalue weighted by molar-refractivity contribution is 0.396. The van der Waals surface area contributed by atoms with Crippen molar-refractivity contribution in [3.05, 3.63) is 161 Å². The Morgan fingerprint density at radius 3 is 1.88 bits per heavy atom. The topological polar surface area (TPSA) is 61.4 Å². The minimum Gasteiger partial charge on any atom is -0.237 e. The number of aromatic nitrogens is 6. The molecule has 0 aliphatic carbocycles. The van der Waals surface area contributed by atoms with Crippen molar-refractivity contribution in [3.63, 3.8) is 0 Å². The first-order valence-corrected chi connectivity index (χ1v) is 13.7. The molecule has 198 valence electrons. The molecule has 0 unspecified atom stereocenters. The summed E-state index contributed by atoms with van der Waals surface area (Å²) in [5.41, 5.74) is 5.66. The molecule has 0 bridgehead atoms. The molecule has 0 aliphatic rings. The maximum absolute atomic E-state index is 6.81. The van der Waals surface area contributed by atoms with Gasteiger partial charge < -0.3 is 0 Å². The average Bonchev–Trinajstić information content (AvgIpc) is 3.67. The molecule has 0 saturated heterocycles. The van der Waals surface area contributed by atoms with Gasteiger partial charge in [-0.05, 0) is 53.1 Å². The zero-order valence-electron chi connectivity index (χ0n) is 22.3. The summed E-state index contributed by atoms with van der Waals surface area (Å²) >= 11 is 6.81. The predicted octanol–water partition coefficient (Wildman–Crippen LogP) is 7.48. The normalized spacial score (nSPS) is 11.7. The van der Waals surface area contributed by atoms with Gasteiger partial charge in [0.2, 0.25) is 5.82 Å². The Labute approximate surface area is 242 Å². The van der Waals surface area contributed by atoms with E-state index in [9.17, 15) is 0 Å². The molecule has 0 radical (unpaired) electrons. The standard InChI is InChI=1S/C34H25ClN6/c1-24-20-21-31-25(22-24)23-40(37-31)32-29(18-11-19-30(32)35)33-36-39-41(38-33)34(26-12-5-2-6-13-26,27-14-7-3-8-15-27)28-16-9-4-10-17-28/h2-23H,1H3. The Bertz CT molecular complexity index is 1870. The van der Waals surface area contributed by atoms with Gasteiger partial charge in [0.05, 0.1) is 21.8 Å². The van der Waals surface area contributed by atoms with Crippen molar-refractivity contribution >= 4 is 22.5 Å². The van der Waals surface area contributed by atoms with Crippen LogP contribution in [0.5, 0.6) is 0 Å². The monoisotopic (exact) mass is 552 g/mol. The van der Waals surface area contributed by atoms with Crippen molar-refractivity contribution in [2.45, 2.75) is 12.5 Å². The van der Waals surface area contributed by atoms with E-state index >= 15 is 0 Å². The summed E-state index contributed by atoms with van der Waals surface area (Å²) in [5.74, 6) is 0.449. The molecule has 2 heterocycles. The number of fused-ring (bicyclic) bond motifs is 1. The number of halogens is 1. The number of hydrogen-bond donors (Lipinski definition) is 0. The Morgan fingerprint density at radius 2 is 1.27 bits per heavy atom. The minimum absolute atomic E-state index is 0.449. The van der Waals surface area contributed by atoms with Gasteiger partial charge >= 0.3 is 0 Å². The van der Waals surface area contributed by atoms with Gasteiger partial charge in [0, 0.05) is 11.6 Å². The molecule has 7 heteroatoms. The SMILES string of the molecule is Cc1ccc2nn(-c3c(Cl)cccc3-c3nnn(C(c4ccccc4)(c4ccccc4)c4ccccc4)n3)cc2c1. The number of hydrogen-bond acceptors (Lipinski definition) is 4. The highest BCUT2D eigenvalue weighted by atomic mass is 35.5. The molecule has 7 rings (SSSR count). The second kappa shape index (κ2) is 10.2. The second-order valence-electron chi connectivity index (χ2n) is 9.98. The molecule has 2 aromatic heterocycles. The fourth-order valence-corrected chi connectivity index (χ4v) is 5.80. The van der Waals surface area contributed by atoms with Crippen LogP contribution in [-0.4, -0.2) is 30.0 Å². The molecule has 41 heavy (non-hydrogen) atoms. The highest BCUT2D eigenvalue weighted by Gasteiger charge is 2.41. The molecule has 0 atom stereocenters. The third-order valence-corrected chi connectivity index (χ3v) is 7.71. The number of aryl methyl sites for hydroxylation is 1. The quantitative estimate of drug-likeness (QED) is 0.201. The molecule has 0 N–H and O–H groups in total. The van der Waals surface area contributed by atoms with Crippen molar-refractivity contribution < 1.29 is 0 Å². The molecule has 0 spiro atoms. The Kier molecular flexibility index (Phi) is 6.18.